The number of aromatic amines is 1. The van der Waals surface area contributed by atoms with Gasteiger partial charge >= 0.3 is 0 Å². The van der Waals surface area contributed by atoms with Crippen LogP contribution in [0.4, 0.5) is 4.39 Å². The molecule has 0 saturated carbocycles. The van der Waals surface area contributed by atoms with Crippen molar-refractivity contribution in [3.8, 4) is 11.4 Å². The third kappa shape index (κ3) is 4.91. The Labute approximate surface area is 185 Å². The Balaban J connectivity index is 1.39. The molecule has 0 aliphatic heterocycles. The van der Waals surface area contributed by atoms with E-state index in [2.05, 4.69) is 38.9 Å². The van der Waals surface area contributed by atoms with Gasteiger partial charge in [0.15, 0.2) is 0 Å². The fourth-order valence-electron chi connectivity index (χ4n) is 3.56. The molecule has 166 valence electrons. The molecule has 8 heteroatoms. The van der Waals surface area contributed by atoms with Crippen molar-refractivity contribution in [2.24, 2.45) is 0 Å². The molecular weight excluding hydrogens is 409 g/mol. The Kier molecular flexibility index (Phi) is 6.41. The number of aryl methyl sites for hydroxylation is 2. The largest absolute Gasteiger partial charge is 0.339 e. The lowest BCUT2D eigenvalue weighted by atomic mass is 10.1. The quantitative estimate of drug-likeness (QED) is 0.445. The molecule has 0 saturated heterocycles. The molecule has 0 fully saturated rings. The minimum atomic E-state index is -0.290. The van der Waals surface area contributed by atoms with Crippen molar-refractivity contribution in [2.45, 2.75) is 46.2 Å². The van der Waals surface area contributed by atoms with E-state index >= 15 is 0 Å². The lowest BCUT2D eigenvalue weighted by molar-refractivity contribution is 0.202. The summed E-state index contributed by atoms with van der Waals surface area (Å²) in [7, 11) is 0. The van der Waals surface area contributed by atoms with Crippen molar-refractivity contribution in [1.29, 1.82) is 0 Å². The monoisotopic (exact) mass is 435 g/mol. The SMILES string of the molecule is Cc1ccc(-c2noc(CCCN(Cc3nc4ccccc4c(=O)[nH]3)C(C)C)n2)cc1F. The van der Waals surface area contributed by atoms with Crippen molar-refractivity contribution in [3.63, 3.8) is 0 Å². The zero-order chi connectivity index (χ0) is 22.7. The van der Waals surface area contributed by atoms with Crippen LogP contribution in [0.15, 0.2) is 51.8 Å². The normalized spacial score (nSPS) is 11.7. The smallest absolute Gasteiger partial charge is 0.258 e. The van der Waals surface area contributed by atoms with Gasteiger partial charge in [-0.05, 0) is 57.5 Å². The van der Waals surface area contributed by atoms with Gasteiger partial charge < -0.3 is 9.51 Å². The van der Waals surface area contributed by atoms with Crippen molar-refractivity contribution in [2.75, 3.05) is 6.54 Å². The van der Waals surface area contributed by atoms with Crippen LogP contribution in [-0.2, 0) is 13.0 Å². The van der Waals surface area contributed by atoms with E-state index in [0.717, 1.165) is 13.0 Å². The molecule has 0 atom stereocenters. The number of fused-ring (bicyclic) bond motifs is 1. The zero-order valence-corrected chi connectivity index (χ0v) is 18.4. The van der Waals surface area contributed by atoms with Gasteiger partial charge in [-0.2, -0.15) is 4.98 Å². The number of para-hydroxylation sites is 1. The van der Waals surface area contributed by atoms with Crippen LogP contribution >= 0.6 is 0 Å². The number of benzene rings is 2. The summed E-state index contributed by atoms with van der Waals surface area (Å²) in [6.07, 6.45) is 1.39. The van der Waals surface area contributed by atoms with E-state index < -0.39 is 0 Å². The lowest BCUT2D eigenvalue weighted by Crippen LogP contribution is -2.33. The summed E-state index contributed by atoms with van der Waals surface area (Å²) >= 11 is 0. The maximum Gasteiger partial charge on any atom is 0.258 e. The number of nitrogens with one attached hydrogen (secondary N) is 1. The molecule has 0 radical (unpaired) electrons. The van der Waals surface area contributed by atoms with Gasteiger partial charge in [0.1, 0.15) is 11.6 Å². The Morgan fingerprint density at radius 1 is 1.16 bits per heavy atom. The molecule has 0 aliphatic rings. The van der Waals surface area contributed by atoms with Gasteiger partial charge in [-0.15, -0.1) is 0 Å². The topological polar surface area (TPSA) is 87.9 Å². The molecule has 0 amide bonds. The highest BCUT2D eigenvalue weighted by molar-refractivity contribution is 5.77. The summed E-state index contributed by atoms with van der Waals surface area (Å²) in [5.74, 6) is 1.25. The molecule has 2 heterocycles. The second-order valence-electron chi connectivity index (χ2n) is 8.17. The first kappa shape index (κ1) is 21.8. The van der Waals surface area contributed by atoms with E-state index in [9.17, 15) is 9.18 Å². The van der Waals surface area contributed by atoms with Crippen molar-refractivity contribution in [1.82, 2.24) is 25.0 Å². The number of hydrogen-bond donors (Lipinski definition) is 1. The first-order valence-electron chi connectivity index (χ1n) is 10.7. The molecular formula is C24H26FN5O2. The minimum Gasteiger partial charge on any atom is -0.339 e. The second-order valence-corrected chi connectivity index (χ2v) is 8.17. The Morgan fingerprint density at radius 3 is 2.75 bits per heavy atom. The highest BCUT2D eigenvalue weighted by atomic mass is 19.1. The maximum absolute atomic E-state index is 13.8. The Bertz CT molecular complexity index is 1280. The van der Waals surface area contributed by atoms with E-state index in [1.54, 1.807) is 25.1 Å². The van der Waals surface area contributed by atoms with Gasteiger partial charge in [-0.3, -0.25) is 9.69 Å². The van der Waals surface area contributed by atoms with Crippen LogP contribution in [0.25, 0.3) is 22.3 Å². The molecule has 0 spiro atoms. The summed E-state index contributed by atoms with van der Waals surface area (Å²) in [6, 6.07) is 12.5. The van der Waals surface area contributed by atoms with Crippen LogP contribution in [0.3, 0.4) is 0 Å². The molecule has 0 unspecified atom stereocenters. The summed E-state index contributed by atoms with van der Waals surface area (Å²) < 4.78 is 19.2. The number of nitrogens with zero attached hydrogens (tertiary/aromatic N) is 4. The first-order valence-corrected chi connectivity index (χ1v) is 10.7. The van der Waals surface area contributed by atoms with Gasteiger partial charge in [0.05, 0.1) is 17.4 Å². The molecule has 4 aromatic rings. The molecule has 0 aliphatic carbocycles. The molecule has 32 heavy (non-hydrogen) atoms. The van der Waals surface area contributed by atoms with Crippen LogP contribution in [0.5, 0.6) is 0 Å². The molecule has 4 rings (SSSR count). The second kappa shape index (κ2) is 9.40. The third-order valence-electron chi connectivity index (χ3n) is 5.48. The van der Waals surface area contributed by atoms with Crippen molar-refractivity contribution in [3.05, 3.63) is 75.9 Å². The average molecular weight is 436 g/mol. The summed E-state index contributed by atoms with van der Waals surface area (Å²) in [5, 5.41) is 4.57. The zero-order valence-electron chi connectivity index (χ0n) is 18.4. The minimum absolute atomic E-state index is 0.125. The predicted octanol–water partition coefficient (Wildman–Crippen LogP) is 4.26. The number of hydrogen-bond acceptors (Lipinski definition) is 6. The van der Waals surface area contributed by atoms with E-state index in [-0.39, 0.29) is 17.4 Å². The molecule has 1 N–H and O–H groups in total. The first-order chi connectivity index (χ1) is 15.4. The van der Waals surface area contributed by atoms with Gasteiger partial charge in [-0.1, -0.05) is 29.4 Å². The number of aromatic nitrogens is 4. The van der Waals surface area contributed by atoms with E-state index in [1.165, 1.54) is 6.07 Å². The predicted molar refractivity (Wildman–Crippen MR) is 121 cm³/mol. The number of H-pyrrole nitrogens is 1. The van der Waals surface area contributed by atoms with Gasteiger partial charge in [0, 0.05) is 18.0 Å². The highest BCUT2D eigenvalue weighted by Gasteiger charge is 2.15. The number of halogens is 1. The fourth-order valence-corrected chi connectivity index (χ4v) is 3.56. The molecule has 7 nitrogen and oxygen atoms in total. The summed E-state index contributed by atoms with van der Waals surface area (Å²) in [4.78, 5) is 26.5. The van der Waals surface area contributed by atoms with Crippen LogP contribution in [-0.4, -0.2) is 37.6 Å². The lowest BCUT2D eigenvalue weighted by Gasteiger charge is -2.25. The molecule has 0 bridgehead atoms. The van der Waals surface area contributed by atoms with Gasteiger partial charge in [0.2, 0.25) is 11.7 Å². The van der Waals surface area contributed by atoms with Crippen LogP contribution in [0, 0.1) is 12.7 Å². The van der Waals surface area contributed by atoms with E-state index in [1.807, 2.05) is 18.2 Å². The highest BCUT2D eigenvalue weighted by Crippen LogP contribution is 2.19. The third-order valence-corrected chi connectivity index (χ3v) is 5.48. The summed E-state index contributed by atoms with van der Waals surface area (Å²) in [5.41, 5.74) is 1.74. The van der Waals surface area contributed by atoms with E-state index in [4.69, 9.17) is 4.52 Å². The van der Waals surface area contributed by atoms with Gasteiger partial charge in [-0.25, -0.2) is 9.37 Å². The van der Waals surface area contributed by atoms with Gasteiger partial charge in [0.25, 0.3) is 5.56 Å². The Morgan fingerprint density at radius 2 is 1.97 bits per heavy atom. The molecule has 2 aromatic heterocycles. The number of rotatable bonds is 8. The van der Waals surface area contributed by atoms with Crippen LogP contribution in [0.2, 0.25) is 0 Å². The Hall–Kier alpha value is -3.39. The standard InChI is InChI=1S/C24H26FN5O2/c1-15(2)30(14-21-26-20-8-5-4-7-18(20)24(31)27-21)12-6-9-22-28-23(29-32-22)17-11-10-16(3)19(25)13-17/h4-5,7-8,10-11,13,15H,6,9,12,14H2,1-3H3,(H,26,27,31). The van der Waals surface area contributed by atoms with Crippen LogP contribution in [0.1, 0.15) is 37.5 Å². The van der Waals surface area contributed by atoms with Crippen LogP contribution < -0.4 is 5.56 Å². The van der Waals surface area contributed by atoms with Crippen molar-refractivity contribution >= 4 is 10.9 Å². The maximum atomic E-state index is 13.8. The van der Waals surface area contributed by atoms with Crippen molar-refractivity contribution < 1.29 is 8.91 Å². The van der Waals surface area contributed by atoms with E-state index in [0.29, 0.717) is 52.5 Å². The summed E-state index contributed by atoms with van der Waals surface area (Å²) in [6.45, 7) is 7.23. The molecule has 2 aromatic carbocycles. The fraction of sp³-hybridized carbons (Fsp3) is 0.333. The average Bonchev–Trinajstić information content (AvgIpc) is 3.24.